The van der Waals surface area contributed by atoms with Crippen LogP contribution in [0.5, 0.6) is 0 Å². The second-order valence-electron chi connectivity index (χ2n) is 2.66. The van der Waals surface area contributed by atoms with E-state index in [1.807, 2.05) is 0 Å². The van der Waals surface area contributed by atoms with Gasteiger partial charge in [-0.1, -0.05) is 0 Å². The standard InChI is InChI=1S/C5H11ClN2O2S/c6-5-2-1-4(3-8-5)11(7,9)10/h4-5,8H,1-3H2,(H2,7,9,10)/t4-,5-/m1/s1. The molecular formula is C5H11ClN2O2S. The first kappa shape index (κ1) is 9.25. The highest BCUT2D eigenvalue weighted by Crippen LogP contribution is 2.14. The van der Waals surface area contributed by atoms with Crippen LogP contribution in [0.4, 0.5) is 0 Å². The van der Waals surface area contributed by atoms with Gasteiger partial charge < -0.3 is 0 Å². The van der Waals surface area contributed by atoms with E-state index >= 15 is 0 Å². The summed E-state index contributed by atoms with van der Waals surface area (Å²) in [4.78, 5) is 0. The number of sulfonamides is 1. The fourth-order valence-electron chi connectivity index (χ4n) is 1.08. The molecule has 0 bridgehead atoms. The number of rotatable bonds is 1. The zero-order chi connectivity index (χ0) is 8.48. The van der Waals surface area contributed by atoms with Crippen LogP contribution in [0, 0.1) is 0 Å². The summed E-state index contributed by atoms with van der Waals surface area (Å²) in [5.41, 5.74) is -0.104. The summed E-state index contributed by atoms with van der Waals surface area (Å²) < 4.78 is 21.6. The quantitative estimate of drug-likeness (QED) is 0.445. The molecule has 0 aromatic heterocycles. The van der Waals surface area contributed by atoms with Gasteiger partial charge in [0.25, 0.3) is 0 Å². The molecule has 1 aliphatic rings. The first-order valence-corrected chi connectivity index (χ1v) is 5.44. The average Bonchev–Trinajstić information content (AvgIpc) is 1.86. The number of hydrogen-bond donors (Lipinski definition) is 2. The molecule has 0 unspecified atom stereocenters. The Morgan fingerprint density at radius 2 is 2.09 bits per heavy atom. The molecule has 6 heteroatoms. The van der Waals surface area contributed by atoms with E-state index in [0.29, 0.717) is 19.4 Å². The van der Waals surface area contributed by atoms with Crippen LogP contribution < -0.4 is 10.5 Å². The van der Waals surface area contributed by atoms with E-state index in [0.717, 1.165) is 0 Å². The molecule has 66 valence electrons. The van der Waals surface area contributed by atoms with Crippen molar-refractivity contribution in [3.05, 3.63) is 0 Å². The molecule has 1 fully saturated rings. The molecule has 0 saturated carbocycles. The molecule has 11 heavy (non-hydrogen) atoms. The number of nitrogens with two attached hydrogens (primary N) is 1. The van der Waals surface area contributed by atoms with Crippen LogP contribution in [-0.4, -0.2) is 25.7 Å². The highest BCUT2D eigenvalue weighted by molar-refractivity contribution is 7.89. The minimum atomic E-state index is -3.37. The lowest BCUT2D eigenvalue weighted by Crippen LogP contribution is -2.44. The summed E-state index contributed by atoms with van der Waals surface area (Å²) >= 11 is 5.69. The van der Waals surface area contributed by atoms with E-state index in [2.05, 4.69) is 5.32 Å². The number of piperidine rings is 1. The topological polar surface area (TPSA) is 72.2 Å². The minimum absolute atomic E-state index is 0.104. The normalized spacial score (nSPS) is 33.6. The molecule has 0 aliphatic carbocycles. The monoisotopic (exact) mass is 198 g/mol. The molecule has 0 aromatic rings. The number of alkyl halides is 1. The Balaban J connectivity index is 2.53. The third-order valence-electron chi connectivity index (χ3n) is 1.77. The van der Waals surface area contributed by atoms with Gasteiger partial charge >= 0.3 is 0 Å². The predicted octanol–water partition coefficient (Wildman–Crippen LogP) is -0.408. The van der Waals surface area contributed by atoms with Crippen LogP contribution in [-0.2, 0) is 10.0 Å². The van der Waals surface area contributed by atoms with Crippen LogP contribution in [0.1, 0.15) is 12.8 Å². The zero-order valence-electron chi connectivity index (χ0n) is 5.96. The third-order valence-corrected chi connectivity index (χ3v) is 3.48. The first-order chi connectivity index (χ1) is 5.00. The molecule has 0 spiro atoms. The van der Waals surface area contributed by atoms with Crippen molar-refractivity contribution in [1.29, 1.82) is 0 Å². The second kappa shape index (κ2) is 3.26. The Hall–Kier alpha value is 0.160. The van der Waals surface area contributed by atoms with Crippen molar-refractivity contribution in [2.45, 2.75) is 23.6 Å². The Kier molecular flexibility index (Phi) is 2.74. The summed E-state index contributed by atoms with van der Waals surface area (Å²) in [5, 5.41) is 7.33. The van der Waals surface area contributed by atoms with Crippen molar-refractivity contribution in [1.82, 2.24) is 5.32 Å². The lowest BCUT2D eigenvalue weighted by atomic mass is 10.2. The van der Waals surface area contributed by atoms with Gasteiger partial charge in [-0.05, 0) is 12.8 Å². The van der Waals surface area contributed by atoms with Gasteiger partial charge in [-0.15, -0.1) is 11.6 Å². The van der Waals surface area contributed by atoms with Gasteiger partial charge in [0, 0.05) is 6.54 Å². The van der Waals surface area contributed by atoms with Crippen molar-refractivity contribution < 1.29 is 8.42 Å². The Morgan fingerprint density at radius 1 is 1.45 bits per heavy atom. The van der Waals surface area contributed by atoms with Gasteiger partial charge in [0.2, 0.25) is 10.0 Å². The summed E-state index contributed by atoms with van der Waals surface area (Å²) in [6, 6.07) is 0. The molecule has 1 heterocycles. The van der Waals surface area contributed by atoms with Gasteiger partial charge in [-0.2, -0.15) is 0 Å². The molecule has 3 N–H and O–H groups in total. The van der Waals surface area contributed by atoms with Crippen molar-refractivity contribution >= 4 is 21.6 Å². The van der Waals surface area contributed by atoms with Gasteiger partial charge in [-0.25, -0.2) is 13.6 Å². The van der Waals surface area contributed by atoms with E-state index < -0.39 is 15.3 Å². The molecule has 0 radical (unpaired) electrons. The van der Waals surface area contributed by atoms with Crippen molar-refractivity contribution in [2.24, 2.45) is 5.14 Å². The third kappa shape index (κ3) is 2.59. The van der Waals surface area contributed by atoms with E-state index in [4.69, 9.17) is 16.7 Å². The van der Waals surface area contributed by atoms with E-state index in [9.17, 15) is 8.42 Å². The lowest BCUT2D eigenvalue weighted by Gasteiger charge is -2.24. The van der Waals surface area contributed by atoms with Gasteiger partial charge in [-0.3, -0.25) is 5.32 Å². The molecular weight excluding hydrogens is 188 g/mol. The maximum atomic E-state index is 10.8. The molecule has 0 aromatic carbocycles. The second-order valence-corrected chi connectivity index (χ2v) is 5.04. The summed E-state index contributed by atoms with van der Waals surface area (Å²) in [6.07, 6.45) is 1.21. The van der Waals surface area contributed by atoms with Crippen LogP contribution >= 0.6 is 11.6 Å². The number of hydrogen-bond acceptors (Lipinski definition) is 3. The lowest BCUT2D eigenvalue weighted by molar-refractivity contribution is 0.472. The smallest absolute Gasteiger partial charge is 0.213 e. The van der Waals surface area contributed by atoms with Crippen LogP contribution in [0.25, 0.3) is 0 Å². The molecule has 1 saturated heterocycles. The van der Waals surface area contributed by atoms with Crippen LogP contribution in [0.15, 0.2) is 0 Å². The Bertz CT molecular complexity index is 221. The van der Waals surface area contributed by atoms with Crippen molar-refractivity contribution in [3.63, 3.8) is 0 Å². The Morgan fingerprint density at radius 3 is 2.45 bits per heavy atom. The number of halogens is 1. The van der Waals surface area contributed by atoms with Crippen molar-refractivity contribution in [2.75, 3.05) is 6.54 Å². The molecule has 0 amide bonds. The molecule has 1 aliphatic heterocycles. The van der Waals surface area contributed by atoms with Gasteiger partial charge in [0.15, 0.2) is 0 Å². The largest absolute Gasteiger partial charge is 0.300 e. The van der Waals surface area contributed by atoms with E-state index in [-0.39, 0.29) is 5.50 Å². The molecule has 4 nitrogen and oxygen atoms in total. The molecule has 2 atom stereocenters. The SMILES string of the molecule is NS(=O)(=O)[C@@H]1CC[C@H](Cl)NC1. The van der Waals surface area contributed by atoms with Gasteiger partial charge in [0.1, 0.15) is 0 Å². The predicted molar refractivity (Wildman–Crippen MR) is 43.8 cm³/mol. The number of nitrogens with one attached hydrogen (secondary N) is 1. The average molecular weight is 199 g/mol. The highest BCUT2D eigenvalue weighted by atomic mass is 35.5. The summed E-state index contributed by atoms with van der Waals surface area (Å²) in [6.45, 7) is 0.368. The first-order valence-electron chi connectivity index (χ1n) is 3.39. The van der Waals surface area contributed by atoms with Crippen LogP contribution in [0.2, 0.25) is 0 Å². The number of primary sulfonamides is 1. The fourth-order valence-corrected chi connectivity index (χ4v) is 2.08. The van der Waals surface area contributed by atoms with E-state index in [1.54, 1.807) is 0 Å². The Labute approximate surface area is 71.1 Å². The maximum Gasteiger partial charge on any atom is 0.213 e. The molecule has 1 rings (SSSR count). The fraction of sp³-hybridized carbons (Fsp3) is 1.00. The highest BCUT2D eigenvalue weighted by Gasteiger charge is 2.26. The van der Waals surface area contributed by atoms with Crippen LogP contribution in [0.3, 0.4) is 0 Å². The summed E-state index contributed by atoms with van der Waals surface area (Å²) in [5.74, 6) is 0. The summed E-state index contributed by atoms with van der Waals surface area (Å²) in [7, 11) is -3.37. The minimum Gasteiger partial charge on any atom is -0.300 e. The van der Waals surface area contributed by atoms with Crippen molar-refractivity contribution in [3.8, 4) is 0 Å². The van der Waals surface area contributed by atoms with E-state index in [1.165, 1.54) is 0 Å². The zero-order valence-corrected chi connectivity index (χ0v) is 7.53. The van der Waals surface area contributed by atoms with Gasteiger partial charge in [0.05, 0.1) is 10.8 Å². The maximum absolute atomic E-state index is 10.8.